The molecule has 0 radical (unpaired) electrons. The van der Waals surface area contributed by atoms with Crippen molar-refractivity contribution in [1.82, 2.24) is 0 Å². The standard InChI is InChI=1S/C40H34N4O10/c1-3-53-39(51)35-36(40(52)54-4-2)44-28-14-12-22(20-8-6-10-26(43-35)32(20)28)34-37(49)33(38(34)50)21-11-13-27-31-19(21)7-5-9-25(31)41-23(15-17-29(45)46)24(42-27)16-18-30(47)48/h5-14,23-24,33-38,41-44H,3-4H2,1-2H3,(H,45,46)(H,47,48)/q-2. The summed E-state index contributed by atoms with van der Waals surface area (Å²) < 4.78 is 10.6. The molecule has 1 saturated carbocycles. The summed E-state index contributed by atoms with van der Waals surface area (Å²) in [5.74, 6) is 3.44. The minimum absolute atomic E-state index is 0.100. The van der Waals surface area contributed by atoms with Crippen LogP contribution in [-0.2, 0) is 28.7 Å². The van der Waals surface area contributed by atoms with Crippen molar-refractivity contribution in [3.05, 3.63) is 71.8 Å². The van der Waals surface area contributed by atoms with Crippen LogP contribution in [0, 0.1) is 23.7 Å². The van der Waals surface area contributed by atoms with Gasteiger partial charge in [-0.1, -0.05) is 48.2 Å². The maximum atomic E-state index is 14.3. The van der Waals surface area contributed by atoms with Crippen molar-refractivity contribution in [3.63, 3.8) is 0 Å². The molecular weight excluding hydrogens is 696 g/mol. The summed E-state index contributed by atoms with van der Waals surface area (Å²) in [6, 6.07) is 13.3. The van der Waals surface area contributed by atoms with Crippen LogP contribution < -0.4 is 31.5 Å². The first kappa shape index (κ1) is 35.9. The molecule has 276 valence electrons. The summed E-state index contributed by atoms with van der Waals surface area (Å²) in [5, 5.41) is 62.0. The predicted octanol–water partition coefficient (Wildman–Crippen LogP) is 1.78. The largest absolute Gasteiger partial charge is 0.851 e. The Kier molecular flexibility index (Phi) is 9.64. The Morgan fingerprint density at radius 1 is 0.611 bits per heavy atom. The van der Waals surface area contributed by atoms with Crippen LogP contribution in [0.15, 0.2) is 60.7 Å². The SMILES string of the molecule is CCOC(=O)C1Nc2cccc3c(C4C([O-])C(c5ccc6c7c(cccc57)NC(C#CC(=O)O)C(C#CC(=O)O)N6)C4[O-])ccc(c23)NC1C(=O)OCC. The number of rotatable bonds is 6. The molecule has 3 aliphatic rings. The summed E-state index contributed by atoms with van der Waals surface area (Å²) in [6.07, 6.45) is -2.69. The number of nitrogens with one attached hydrogen (secondary N) is 4. The Morgan fingerprint density at radius 2 is 1.00 bits per heavy atom. The number of carbonyl (C=O) groups excluding carboxylic acids is 2. The maximum absolute atomic E-state index is 14.3. The lowest BCUT2D eigenvalue weighted by Gasteiger charge is -2.62. The van der Waals surface area contributed by atoms with Crippen molar-refractivity contribution in [2.24, 2.45) is 0 Å². The highest BCUT2D eigenvalue weighted by Gasteiger charge is 2.42. The number of aliphatic carboxylic acids is 2. The molecule has 4 aromatic carbocycles. The number of carboxylic acids is 2. The third kappa shape index (κ3) is 6.32. The Hall–Kier alpha value is -6.48. The second-order valence-corrected chi connectivity index (χ2v) is 13.0. The Balaban J connectivity index is 1.25. The summed E-state index contributed by atoms with van der Waals surface area (Å²) >= 11 is 0. The van der Waals surface area contributed by atoms with Gasteiger partial charge in [0, 0.05) is 45.4 Å². The molecule has 6 unspecified atom stereocenters. The van der Waals surface area contributed by atoms with E-state index in [1.807, 2.05) is 0 Å². The van der Waals surface area contributed by atoms with Gasteiger partial charge in [0.1, 0.15) is 12.1 Å². The summed E-state index contributed by atoms with van der Waals surface area (Å²) in [7, 11) is 0. The number of benzene rings is 4. The van der Waals surface area contributed by atoms with Gasteiger partial charge < -0.3 is 51.2 Å². The zero-order chi connectivity index (χ0) is 38.3. The second kappa shape index (κ2) is 14.5. The average molecular weight is 731 g/mol. The highest BCUT2D eigenvalue weighted by Crippen LogP contribution is 2.51. The van der Waals surface area contributed by atoms with E-state index in [1.165, 1.54) is 0 Å². The lowest BCUT2D eigenvalue weighted by atomic mass is 9.62. The van der Waals surface area contributed by atoms with Crippen LogP contribution in [-0.4, -0.2) is 83.7 Å². The summed E-state index contributed by atoms with van der Waals surface area (Å²) in [5.41, 5.74) is 3.17. The van der Waals surface area contributed by atoms with Gasteiger partial charge in [-0.25, -0.2) is 19.2 Å². The molecule has 0 amide bonds. The van der Waals surface area contributed by atoms with Crippen LogP contribution in [0.3, 0.4) is 0 Å². The van der Waals surface area contributed by atoms with Crippen LogP contribution in [0.5, 0.6) is 0 Å². The first-order valence-electron chi connectivity index (χ1n) is 17.3. The van der Waals surface area contributed by atoms with Gasteiger partial charge in [-0.3, -0.25) is 0 Å². The van der Waals surface area contributed by atoms with E-state index in [1.54, 1.807) is 74.5 Å². The van der Waals surface area contributed by atoms with Crippen molar-refractivity contribution in [3.8, 4) is 23.7 Å². The Labute approximate surface area is 308 Å². The number of ether oxygens (including phenoxy) is 2. The first-order valence-corrected chi connectivity index (χ1v) is 17.3. The molecule has 2 aliphatic heterocycles. The molecule has 0 spiro atoms. The van der Waals surface area contributed by atoms with Gasteiger partial charge in [-0.2, -0.15) is 0 Å². The molecule has 0 saturated heterocycles. The van der Waals surface area contributed by atoms with E-state index in [2.05, 4.69) is 44.9 Å². The zero-order valence-electron chi connectivity index (χ0n) is 29.0. The fourth-order valence-electron chi connectivity index (χ4n) is 7.68. The lowest BCUT2D eigenvalue weighted by molar-refractivity contribution is -0.535. The maximum Gasteiger partial charge on any atom is 0.381 e. The van der Waals surface area contributed by atoms with E-state index in [0.717, 1.165) is 0 Å². The lowest BCUT2D eigenvalue weighted by Crippen LogP contribution is -2.63. The van der Waals surface area contributed by atoms with Crippen LogP contribution in [0.4, 0.5) is 22.7 Å². The number of carbonyl (C=O) groups is 4. The van der Waals surface area contributed by atoms with Crippen LogP contribution in [0.1, 0.15) is 36.8 Å². The number of esters is 2. The van der Waals surface area contributed by atoms with Gasteiger partial charge in [-0.15, -0.1) is 12.2 Å². The van der Waals surface area contributed by atoms with Crippen molar-refractivity contribution >= 4 is 68.2 Å². The third-order valence-electron chi connectivity index (χ3n) is 9.94. The number of hydrogen-bond donors (Lipinski definition) is 6. The van der Waals surface area contributed by atoms with Crippen molar-refractivity contribution in [1.29, 1.82) is 0 Å². The topological polar surface area (TPSA) is 221 Å². The van der Waals surface area contributed by atoms with Gasteiger partial charge in [0.25, 0.3) is 0 Å². The summed E-state index contributed by atoms with van der Waals surface area (Å²) in [4.78, 5) is 48.7. The quantitative estimate of drug-likeness (QED) is 0.123. The van der Waals surface area contributed by atoms with E-state index in [-0.39, 0.29) is 13.2 Å². The van der Waals surface area contributed by atoms with E-state index < -0.39 is 72.1 Å². The molecule has 1 aliphatic carbocycles. The van der Waals surface area contributed by atoms with E-state index in [9.17, 15) is 39.6 Å². The van der Waals surface area contributed by atoms with Crippen molar-refractivity contribution < 1.29 is 49.1 Å². The normalized spacial score (nSPS) is 24.8. The molecule has 14 heteroatoms. The Bertz CT molecular complexity index is 2250. The monoisotopic (exact) mass is 730 g/mol. The minimum Gasteiger partial charge on any atom is -0.851 e. The van der Waals surface area contributed by atoms with Gasteiger partial charge in [0.2, 0.25) is 0 Å². The highest BCUT2D eigenvalue weighted by molar-refractivity contribution is 6.09. The Morgan fingerprint density at radius 3 is 1.41 bits per heavy atom. The molecule has 2 heterocycles. The fourth-order valence-corrected chi connectivity index (χ4v) is 7.68. The van der Waals surface area contributed by atoms with Gasteiger partial charge in [0.05, 0.1) is 13.2 Å². The summed E-state index contributed by atoms with van der Waals surface area (Å²) in [6.45, 7) is 3.53. The van der Waals surface area contributed by atoms with Gasteiger partial charge >= 0.3 is 23.9 Å². The minimum atomic E-state index is -1.37. The fraction of sp³-hybridized carbons (Fsp3) is 0.300. The molecule has 6 N–H and O–H groups in total. The smallest absolute Gasteiger partial charge is 0.381 e. The van der Waals surface area contributed by atoms with Crippen LogP contribution in [0.2, 0.25) is 0 Å². The molecule has 6 atom stereocenters. The van der Waals surface area contributed by atoms with Crippen LogP contribution in [0.25, 0.3) is 21.5 Å². The predicted molar refractivity (Wildman–Crippen MR) is 195 cm³/mol. The molecule has 14 nitrogen and oxygen atoms in total. The second-order valence-electron chi connectivity index (χ2n) is 13.0. The van der Waals surface area contributed by atoms with Crippen molar-refractivity contribution in [2.75, 3.05) is 34.5 Å². The first-order chi connectivity index (χ1) is 26.0. The van der Waals surface area contributed by atoms with Gasteiger partial charge in [0.15, 0.2) is 12.1 Å². The van der Waals surface area contributed by atoms with Crippen molar-refractivity contribution in [2.45, 2.75) is 62.1 Å². The third-order valence-corrected chi connectivity index (χ3v) is 9.94. The molecule has 7 rings (SSSR count). The van der Waals surface area contributed by atoms with E-state index in [4.69, 9.17) is 9.47 Å². The van der Waals surface area contributed by atoms with E-state index in [0.29, 0.717) is 55.4 Å². The van der Waals surface area contributed by atoms with Gasteiger partial charge in [-0.05, 0) is 71.8 Å². The number of anilines is 4. The molecule has 1 fully saturated rings. The molecule has 4 aromatic rings. The molecule has 0 aromatic heterocycles. The number of carboxylic acid groups (broad SMARTS) is 2. The average Bonchev–Trinajstić information content (AvgIpc) is 3.41. The van der Waals surface area contributed by atoms with Crippen LogP contribution >= 0.6 is 0 Å². The molecule has 54 heavy (non-hydrogen) atoms. The highest BCUT2D eigenvalue weighted by atomic mass is 16.5. The number of hydrogen-bond acceptors (Lipinski definition) is 12. The van der Waals surface area contributed by atoms with E-state index >= 15 is 0 Å². The molecular formula is C40H34N4O10-2. The zero-order valence-corrected chi connectivity index (χ0v) is 29.0. The molecule has 0 bridgehead atoms.